The van der Waals surface area contributed by atoms with Crippen LogP contribution in [-0.4, -0.2) is 69.9 Å². The lowest BCUT2D eigenvalue weighted by atomic mass is 10.3. The number of aromatic nitrogens is 1. The summed E-state index contributed by atoms with van der Waals surface area (Å²) in [7, 11) is 0. The van der Waals surface area contributed by atoms with E-state index in [2.05, 4.69) is 45.3 Å². The molecule has 4 rings (SSSR count). The molecule has 2 aromatic rings. The van der Waals surface area contributed by atoms with Gasteiger partial charge in [-0.05, 0) is 36.4 Å². The number of carboxylic acids is 1. The summed E-state index contributed by atoms with van der Waals surface area (Å²) >= 11 is 1.79. The fourth-order valence-corrected chi connectivity index (χ4v) is 4.47. The van der Waals surface area contributed by atoms with Crippen molar-refractivity contribution in [3.63, 3.8) is 0 Å². The van der Waals surface area contributed by atoms with Crippen molar-refractivity contribution in [3.05, 3.63) is 46.4 Å². The van der Waals surface area contributed by atoms with E-state index in [1.807, 2.05) is 4.90 Å². The maximum absolute atomic E-state index is 12.3. The molecular formula is C21H26F3N3O4S. The Labute approximate surface area is 188 Å². The second kappa shape index (κ2) is 11.0. The molecule has 1 atom stereocenters. The van der Waals surface area contributed by atoms with Crippen LogP contribution in [0, 0.1) is 0 Å². The second-order valence-electron chi connectivity index (χ2n) is 7.72. The van der Waals surface area contributed by atoms with Gasteiger partial charge in [0.05, 0.1) is 6.10 Å². The maximum Gasteiger partial charge on any atom is 0.490 e. The molecule has 7 nitrogen and oxygen atoms in total. The van der Waals surface area contributed by atoms with Gasteiger partial charge in [-0.25, -0.2) is 4.79 Å². The molecule has 0 spiro atoms. The summed E-state index contributed by atoms with van der Waals surface area (Å²) in [5, 5.41) is 9.25. The fraction of sp³-hybridized carbons (Fsp3) is 0.524. The fourth-order valence-electron chi connectivity index (χ4n) is 3.73. The topological polar surface area (TPSA) is 75.0 Å². The number of halogens is 3. The second-order valence-corrected chi connectivity index (χ2v) is 8.76. The third kappa shape index (κ3) is 7.07. The highest BCUT2D eigenvalue weighted by molar-refractivity contribution is 7.09. The molecule has 176 valence electrons. The summed E-state index contributed by atoms with van der Waals surface area (Å²) in [6, 6.07) is 8.56. The van der Waals surface area contributed by atoms with Gasteiger partial charge in [-0.15, -0.1) is 11.3 Å². The molecule has 32 heavy (non-hydrogen) atoms. The number of carbonyl (C=O) groups is 2. The molecule has 0 aromatic carbocycles. The Balaban J connectivity index is 0.000000360. The molecule has 0 radical (unpaired) electrons. The number of likely N-dealkylation sites (tertiary alicyclic amines) is 1. The summed E-state index contributed by atoms with van der Waals surface area (Å²) in [5.74, 6) is -2.62. The number of alkyl halides is 3. The first-order valence-electron chi connectivity index (χ1n) is 10.3. The van der Waals surface area contributed by atoms with Crippen LogP contribution in [0.2, 0.25) is 0 Å². The zero-order chi connectivity index (χ0) is 23.1. The van der Waals surface area contributed by atoms with Gasteiger partial charge in [-0.2, -0.15) is 13.2 Å². The highest BCUT2D eigenvalue weighted by Gasteiger charge is 2.38. The molecule has 1 fully saturated rings. The zero-order valence-electron chi connectivity index (χ0n) is 17.5. The van der Waals surface area contributed by atoms with Crippen molar-refractivity contribution in [2.45, 2.75) is 44.8 Å². The molecule has 11 heteroatoms. The summed E-state index contributed by atoms with van der Waals surface area (Å²) in [4.78, 5) is 26.9. The van der Waals surface area contributed by atoms with Gasteiger partial charge < -0.3 is 19.3 Å². The third-order valence-electron chi connectivity index (χ3n) is 5.27. The first-order valence-corrected chi connectivity index (χ1v) is 11.2. The van der Waals surface area contributed by atoms with Crippen LogP contribution in [0.4, 0.5) is 13.2 Å². The van der Waals surface area contributed by atoms with E-state index < -0.39 is 12.1 Å². The molecule has 2 aliphatic heterocycles. The van der Waals surface area contributed by atoms with E-state index in [-0.39, 0.29) is 18.6 Å². The minimum absolute atomic E-state index is 0.0418. The van der Waals surface area contributed by atoms with Gasteiger partial charge in [0.15, 0.2) is 0 Å². The standard InChI is InChI=1S/C19H25N3O2S.C2HF3O2/c23-19(21-7-1-2-8-21)15-24-17-12-20(14-18-6-4-10-25-18)11-16-5-3-9-22(16)13-17;3-2(4,5)1(6)7/h3-6,9-10,17H,1-2,7-8,11-15H2;(H,6,7). The number of aliphatic carboxylic acids is 1. The Hall–Kier alpha value is -2.37. The number of rotatable bonds is 5. The van der Waals surface area contributed by atoms with Crippen LogP contribution in [0.3, 0.4) is 0 Å². The van der Waals surface area contributed by atoms with Gasteiger partial charge in [0.1, 0.15) is 6.61 Å². The zero-order valence-corrected chi connectivity index (χ0v) is 18.3. The summed E-state index contributed by atoms with van der Waals surface area (Å²) in [6.07, 6.45) is -0.685. The average molecular weight is 474 g/mol. The third-order valence-corrected chi connectivity index (χ3v) is 6.14. The number of carbonyl (C=O) groups excluding carboxylic acids is 1. The molecule has 1 unspecified atom stereocenters. The Morgan fingerprint density at radius 3 is 2.50 bits per heavy atom. The minimum atomic E-state index is -5.08. The van der Waals surface area contributed by atoms with Crippen LogP contribution in [0.1, 0.15) is 23.4 Å². The molecular weight excluding hydrogens is 447 g/mol. The number of fused-ring (bicyclic) bond motifs is 1. The number of hydrogen-bond acceptors (Lipinski definition) is 5. The Kier molecular flexibility index (Phi) is 8.32. The predicted octanol–water partition coefficient (Wildman–Crippen LogP) is 3.21. The quantitative estimate of drug-likeness (QED) is 0.722. The Bertz CT molecular complexity index is 879. The largest absolute Gasteiger partial charge is 0.490 e. The van der Waals surface area contributed by atoms with Gasteiger partial charge in [0.2, 0.25) is 5.91 Å². The molecule has 1 N–H and O–H groups in total. The number of hydrogen-bond donors (Lipinski definition) is 1. The van der Waals surface area contributed by atoms with E-state index in [1.165, 1.54) is 10.6 Å². The van der Waals surface area contributed by atoms with Crippen molar-refractivity contribution in [3.8, 4) is 0 Å². The van der Waals surface area contributed by atoms with Crippen molar-refractivity contribution in [2.24, 2.45) is 0 Å². The van der Waals surface area contributed by atoms with Crippen molar-refractivity contribution < 1.29 is 32.6 Å². The van der Waals surface area contributed by atoms with Crippen molar-refractivity contribution >= 4 is 23.2 Å². The molecule has 0 bridgehead atoms. The van der Waals surface area contributed by atoms with Crippen LogP contribution in [-0.2, 0) is 34.0 Å². The normalized spacial score (nSPS) is 19.1. The van der Waals surface area contributed by atoms with Gasteiger partial charge in [0, 0.05) is 56.0 Å². The number of thiophene rings is 1. The van der Waals surface area contributed by atoms with E-state index in [4.69, 9.17) is 14.6 Å². The summed E-state index contributed by atoms with van der Waals surface area (Å²) in [5.41, 5.74) is 1.31. The SMILES string of the molecule is O=C(COC1CN(Cc2cccs2)Cc2cccn2C1)N1CCCC1.O=C(O)C(F)(F)F. The number of ether oxygens (including phenoxy) is 1. The number of nitrogens with zero attached hydrogens (tertiary/aromatic N) is 3. The molecule has 0 aliphatic carbocycles. The van der Waals surface area contributed by atoms with Crippen LogP contribution in [0.25, 0.3) is 0 Å². The van der Waals surface area contributed by atoms with E-state index in [9.17, 15) is 18.0 Å². The van der Waals surface area contributed by atoms with Crippen LogP contribution in [0.15, 0.2) is 35.8 Å². The summed E-state index contributed by atoms with van der Waals surface area (Å²) in [6.45, 7) is 5.50. The van der Waals surface area contributed by atoms with Gasteiger partial charge >= 0.3 is 12.1 Å². The molecule has 1 saturated heterocycles. The van der Waals surface area contributed by atoms with Gasteiger partial charge in [-0.1, -0.05) is 6.07 Å². The average Bonchev–Trinajstić information content (AvgIpc) is 3.48. The van der Waals surface area contributed by atoms with E-state index in [0.29, 0.717) is 0 Å². The lowest BCUT2D eigenvalue weighted by molar-refractivity contribution is -0.192. The van der Waals surface area contributed by atoms with Crippen LogP contribution < -0.4 is 0 Å². The lowest BCUT2D eigenvalue weighted by Gasteiger charge is -2.24. The first-order chi connectivity index (χ1) is 15.2. The number of amides is 1. The minimum Gasteiger partial charge on any atom is -0.475 e. The Morgan fingerprint density at radius 1 is 1.16 bits per heavy atom. The molecule has 2 aliphatic rings. The monoisotopic (exact) mass is 473 g/mol. The highest BCUT2D eigenvalue weighted by atomic mass is 32.1. The maximum atomic E-state index is 12.3. The predicted molar refractivity (Wildman–Crippen MR) is 112 cm³/mol. The number of carboxylic acid groups (broad SMARTS) is 1. The van der Waals surface area contributed by atoms with Crippen molar-refractivity contribution in [2.75, 3.05) is 26.2 Å². The first kappa shape index (κ1) is 24.3. The van der Waals surface area contributed by atoms with Gasteiger partial charge in [0.25, 0.3) is 0 Å². The molecule has 0 saturated carbocycles. The molecule has 2 aromatic heterocycles. The van der Waals surface area contributed by atoms with Crippen molar-refractivity contribution in [1.29, 1.82) is 0 Å². The highest BCUT2D eigenvalue weighted by Crippen LogP contribution is 2.20. The van der Waals surface area contributed by atoms with E-state index >= 15 is 0 Å². The summed E-state index contributed by atoms with van der Waals surface area (Å²) < 4.78 is 40.1. The smallest absolute Gasteiger partial charge is 0.475 e. The molecule has 1 amide bonds. The van der Waals surface area contributed by atoms with Crippen molar-refractivity contribution in [1.82, 2.24) is 14.4 Å². The van der Waals surface area contributed by atoms with E-state index in [1.54, 1.807) is 11.3 Å². The van der Waals surface area contributed by atoms with E-state index in [0.717, 1.165) is 52.1 Å². The van der Waals surface area contributed by atoms with Crippen LogP contribution in [0.5, 0.6) is 0 Å². The lowest BCUT2D eigenvalue weighted by Crippen LogP contribution is -2.37. The van der Waals surface area contributed by atoms with Crippen LogP contribution >= 0.6 is 11.3 Å². The molecule has 4 heterocycles. The van der Waals surface area contributed by atoms with Gasteiger partial charge in [-0.3, -0.25) is 9.69 Å². The Morgan fingerprint density at radius 2 is 1.88 bits per heavy atom.